The van der Waals surface area contributed by atoms with Crippen LogP contribution in [0.2, 0.25) is 0 Å². The van der Waals surface area contributed by atoms with E-state index in [-0.39, 0.29) is 12.5 Å². The van der Waals surface area contributed by atoms with Crippen LogP contribution in [0.5, 0.6) is 0 Å². The molecule has 1 aromatic heterocycles. The Morgan fingerprint density at radius 3 is 2.89 bits per heavy atom. The number of benzene rings is 1. The number of aryl methyl sites for hydroxylation is 1. The zero-order valence-corrected chi connectivity index (χ0v) is 11.8. The number of aliphatic hydroxyl groups excluding tert-OH is 1. The van der Waals surface area contributed by atoms with Crippen LogP contribution in [-0.4, -0.2) is 27.8 Å². The van der Waals surface area contributed by atoms with E-state index in [9.17, 15) is 0 Å². The highest BCUT2D eigenvalue weighted by Gasteiger charge is 2.09. The Labute approximate surface area is 114 Å². The summed E-state index contributed by atoms with van der Waals surface area (Å²) in [5.74, 6) is 1.36. The molecule has 0 aliphatic rings. The second kappa shape index (κ2) is 6.68. The van der Waals surface area contributed by atoms with Crippen LogP contribution in [-0.2, 0) is 13.1 Å². The highest BCUT2D eigenvalue weighted by molar-refractivity contribution is 5.75. The van der Waals surface area contributed by atoms with E-state index in [1.807, 2.05) is 13.0 Å². The van der Waals surface area contributed by atoms with E-state index < -0.39 is 0 Å². The number of nitrogens with zero attached hydrogens (tertiary/aromatic N) is 2. The fraction of sp³-hybridized carbons (Fsp3) is 0.533. The normalized spacial score (nSPS) is 13.0. The number of aromatic nitrogens is 2. The average Bonchev–Trinajstić information content (AvgIpc) is 2.77. The average molecular weight is 261 g/mol. The maximum Gasteiger partial charge on any atom is 0.123 e. The lowest BCUT2D eigenvalue weighted by atomic mass is 10.2. The van der Waals surface area contributed by atoms with E-state index >= 15 is 0 Å². The van der Waals surface area contributed by atoms with Crippen LogP contribution in [0.25, 0.3) is 11.0 Å². The van der Waals surface area contributed by atoms with E-state index in [4.69, 9.17) is 10.1 Å². The van der Waals surface area contributed by atoms with Crippen LogP contribution >= 0.6 is 0 Å². The van der Waals surface area contributed by atoms with E-state index in [0.29, 0.717) is 0 Å². The van der Waals surface area contributed by atoms with Gasteiger partial charge in [-0.1, -0.05) is 26.0 Å². The van der Waals surface area contributed by atoms with Crippen LogP contribution in [0.4, 0.5) is 0 Å². The Balaban J connectivity index is 2.14. The number of fused-ring (bicyclic) bond motifs is 1. The molecule has 2 N–H and O–H groups in total. The van der Waals surface area contributed by atoms with E-state index in [2.05, 4.69) is 35.0 Å². The van der Waals surface area contributed by atoms with Crippen molar-refractivity contribution in [2.45, 2.75) is 33.4 Å². The first-order chi connectivity index (χ1) is 9.26. The van der Waals surface area contributed by atoms with Crippen molar-refractivity contribution in [2.75, 3.05) is 13.2 Å². The van der Waals surface area contributed by atoms with Gasteiger partial charge in [0.2, 0.25) is 0 Å². The molecule has 0 bridgehead atoms. The summed E-state index contributed by atoms with van der Waals surface area (Å²) in [6, 6.07) is 8.26. The topological polar surface area (TPSA) is 50.1 Å². The van der Waals surface area contributed by atoms with E-state index in [1.54, 1.807) is 0 Å². The molecule has 0 amide bonds. The predicted molar refractivity (Wildman–Crippen MR) is 78.0 cm³/mol. The molecule has 0 radical (unpaired) electrons. The fourth-order valence-electron chi connectivity index (χ4n) is 2.23. The second-order valence-corrected chi connectivity index (χ2v) is 5.09. The van der Waals surface area contributed by atoms with Gasteiger partial charge in [0.05, 0.1) is 17.6 Å². The van der Waals surface area contributed by atoms with Gasteiger partial charge in [-0.05, 0) is 24.5 Å². The van der Waals surface area contributed by atoms with Crippen LogP contribution in [0.3, 0.4) is 0 Å². The van der Waals surface area contributed by atoms with Gasteiger partial charge in [0.15, 0.2) is 0 Å². The fourth-order valence-corrected chi connectivity index (χ4v) is 2.23. The zero-order valence-electron chi connectivity index (χ0n) is 11.8. The van der Waals surface area contributed by atoms with Crippen molar-refractivity contribution in [1.29, 1.82) is 0 Å². The standard InChI is InChI=1S/C15H23N3O/c1-3-8-18-14-7-5-4-6-13(14)17-15(18)10-16-9-12(2)11-19/h4-7,12,16,19H,3,8-11H2,1-2H3. The zero-order chi connectivity index (χ0) is 13.7. The van der Waals surface area contributed by atoms with Gasteiger partial charge in [-0.25, -0.2) is 4.98 Å². The smallest absolute Gasteiger partial charge is 0.123 e. The van der Waals surface area contributed by atoms with Crippen LogP contribution < -0.4 is 5.32 Å². The third-order valence-corrected chi connectivity index (χ3v) is 3.27. The molecular weight excluding hydrogens is 238 g/mol. The highest BCUT2D eigenvalue weighted by Crippen LogP contribution is 2.16. The third-order valence-electron chi connectivity index (χ3n) is 3.27. The molecule has 1 aromatic carbocycles. The summed E-state index contributed by atoms with van der Waals surface area (Å²) in [6.45, 7) is 6.98. The van der Waals surface area contributed by atoms with Gasteiger partial charge in [0.1, 0.15) is 5.82 Å². The molecule has 1 unspecified atom stereocenters. The minimum atomic E-state index is 0.221. The number of para-hydroxylation sites is 2. The molecule has 1 heterocycles. The molecule has 2 rings (SSSR count). The lowest BCUT2D eigenvalue weighted by molar-refractivity contribution is 0.233. The number of imidazole rings is 1. The lowest BCUT2D eigenvalue weighted by Gasteiger charge is -2.11. The summed E-state index contributed by atoms with van der Waals surface area (Å²) in [5, 5.41) is 12.4. The first-order valence-electron chi connectivity index (χ1n) is 7.02. The molecule has 19 heavy (non-hydrogen) atoms. The summed E-state index contributed by atoms with van der Waals surface area (Å²) in [4.78, 5) is 4.69. The van der Waals surface area contributed by atoms with Gasteiger partial charge in [-0.15, -0.1) is 0 Å². The van der Waals surface area contributed by atoms with Crippen molar-refractivity contribution in [3.63, 3.8) is 0 Å². The van der Waals surface area contributed by atoms with Gasteiger partial charge in [0.25, 0.3) is 0 Å². The minimum Gasteiger partial charge on any atom is -0.396 e. The molecule has 0 aliphatic carbocycles. The molecule has 1 atom stereocenters. The monoisotopic (exact) mass is 261 g/mol. The molecule has 0 saturated carbocycles. The Bertz CT molecular complexity index is 521. The Morgan fingerprint density at radius 1 is 1.37 bits per heavy atom. The Morgan fingerprint density at radius 2 is 2.16 bits per heavy atom. The molecule has 4 heteroatoms. The van der Waals surface area contributed by atoms with Crippen LogP contribution in [0, 0.1) is 5.92 Å². The molecule has 0 spiro atoms. The Hall–Kier alpha value is -1.39. The molecule has 0 saturated heterocycles. The van der Waals surface area contributed by atoms with Gasteiger partial charge in [-0.2, -0.15) is 0 Å². The summed E-state index contributed by atoms with van der Waals surface area (Å²) in [7, 11) is 0. The van der Waals surface area contributed by atoms with Crippen molar-refractivity contribution in [1.82, 2.24) is 14.9 Å². The van der Waals surface area contributed by atoms with E-state index in [0.717, 1.165) is 37.4 Å². The second-order valence-electron chi connectivity index (χ2n) is 5.09. The van der Waals surface area contributed by atoms with E-state index in [1.165, 1.54) is 5.52 Å². The molecule has 104 valence electrons. The Kier molecular flexibility index (Phi) is 4.93. The lowest BCUT2D eigenvalue weighted by Crippen LogP contribution is -2.24. The number of rotatable bonds is 7. The number of aliphatic hydroxyl groups is 1. The van der Waals surface area contributed by atoms with Gasteiger partial charge < -0.3 is 15.0 Å². The van der Waals surface area contributed by atoms with Gasteiger partial charge >= 0.3 is 0 Å². The minimum absolute atomic E-state index is 0.221. The SMILES string of the molecule is CCCn1c(CNCC(C)CO)nc2ccccc21. The first kappa shape index (κ1) is 14.0. The first-order valence-corrected chi connectivity index (χ1v) is 7.02. The third kappa shape index (κ3) is 3.33. The molecule has 4 nitrogen and oxygen atoms in total. The maximum atomic E-state index is 9.02. The maximum absolute atomic E-state index is 9.02. The predicted octanol–water partition coefficient (Wildman–Crippen LogP) is 2.16. The van der Waals surface area contributed by atoms with Crippen molar-refractivity contribution in [3.8, 4) is 0 Å². The van der Waals surface area contributed by atoms with Crippen molar-refractivity contribution in [3.05, 3.63) is 30.1 Å². The molecular formula is C15H23N3O. The molecule has 2 aromatic rings. The van der Waals surface area contributed by atoms with Gasteiger partial charge in [0, 0.05) is 19.7 Å². The molecule has 0 fully saturated rings. The summed E-state index contributed by atoms with van der Waals surface area (Å²) in [6.07, 6.45) is 1.10. The van der Waals surface area contributed by atoms with Gasteiger partial charge in [-0.3, -0.25) is 0 Å². The van der Waals surface area contributed by atoms with Crippen molar-refractivity contribution < 1.29 is 5.11 Å². The number of hydrogen-bond donors (Lipinski definition) is 2. The highest BCUT2D eigenvalue weighted by atomic mass is 16.3. The summed E-state index contributed by atoms with van der Waals surface area (Å²) in [5.41, 5.74) is 2.26. The number of hydrogen-bond acceptors (Lipinski definition) is 3. The summed E-state index contributed by atoms with van der Waals surface area (Å²) >= 11 is 0. The molecule has 0 aliphatic heterocycles. The van der Waals surface area contributed by atoms with Crippen LogP contribution in [0.1, 0.15) is 26.1 Å². The largest absolute Gasteiger partial charge is 0.396 e. The van der Waals surface area contributed by atoms with Crippen LogP contribution in [0.15, 0.2) is 24.3 Å². The van der Waals surface area contributed by atoms with Crippen molar-refractivity contribution in [2.24, 2.45) is 5.92 Å². The quantitative estimate of drug-likeness (QED) is 0.803. The number of nitrogens with one attached hydrogen (secondary N) is 1. The summed E-state index contributed by atoms with van der Waals surface area (Å²) < 4.78 is 2.28. The van der Waals surface area contributed by atoms with Crippen molar-refractivity contribution >= 4 is 11.0 Å².